The number of rotatable bonds is 4. The van der Waals surface area contributed by atoms with Crippen LogP contribution in [0, 0.1) is 0 Å². The number of carbonyl (C=O) groups is 1. The number of carbonyl (C=O) groups excluding carboxylic acids is 1. The van der Waals surface area contributed by atoms with Crippen molar-refractivity contribution in [1.29, 1.82) is 0 Å². The van der Waals surface area contributed by atoms with Gasteiger partial charge in [-0.2, -0.15) is 4.68 Å². The summed E-state index contributed by atoms with van der Waals surface area (Å²) in [6.07, 6.45) is 3.01. The lowest BCUT2D eigenvalue weighted by atomic mass is 9.87. The Kier molecular flexibility index (Phi) is 4.46. The van der Waals surface area contributed by atoms with Gasteiger partial charge in [-0.05, 0) is 41.8 Å². The fourth-order valence-electron chi connectivity index (χ4n) is 3.45. The van der Waals surface area contributed by atoms with Crippen molar-refractivity contribution < 1.29 is 9.21 Å². The molecule has 0 N–H and O–H groups in total. The maximum atomic E-state index is 12.8. The predicted molar refractivity (Wildman–Crippen MR) is 99.0 cm³/mol. The summed E-state index contributed by atoms with van der Waals surface area (Å²) in [5, 5.41) is 6.05. The number of benzene rings is 1. The van der Waals surface area contributed by atoms with E-state index in [0.29, 0.717) is 0 Å². The molecule has 0 bridgehead atoms. The first-order valence-corrected chi connectivity index (χ1v) is 9.47. The monoisotopic (exact) mass is 369 g/mol. The van der Waals surface area contributed by atoms with Gasteiger partial charge in [-0.1, -0.05) is 30.3 Å². The molecule has 6 nitrogen and oxygen atoms in total. The SMILES string of the molecule is CN(C(=O)Cn1nc(-c2cccs2)oc1=O)[C@H]1CCCc2ccccc21. The van der Waals surface area contributed by atoms with Crippen molar-refractivity contribution in [3.63, 3.8) is 0 Å². The van der Waals surface area contributed by atoms with E-state index in [0.717, 1.165) is 28.8 Å². The highest BCUT2D eigenvalue weighted by Gasteiger charge is 2.27. The number of aromatic nitrogens is 2. The van der Waals surface area contributed by atoms with E-state index in [4.69, 9.17) is 4.42 Å². The van der Waals surface area contributed by atoms with Gasteiger partial charge < -0.3 is 9.32 Å². The topological polar surface area (TPSA) is 68.3 Å². The van der Waals surface area contributed by atoms with Crippen LogP contribution in [0.1, 0.15) is 30.0 Å². The molecule has 1 aliphatic carbocycles. The Morgan fingerprint density at radius 1 is 1.35 bits per heavy atom. The highest BCUT2D eigenvalue weighted by atomic mass is 32.1. The zero-order valence-electron chi connectivity index (χ0n) is 14.4. The molecule has 4 rings (SSSR count). The Morgan fingerprint density at radius 3 is 3.00 bits per heavy atom. The summed E-state index contributed by atoms with van der Waals surface area (Å²) in [4.78, 5) is 27.3. The summed E-state index contributed by atoms with van der Waals surface area (Å²) in [5.74, 6) is -0.512. The largest absolute Gasteiger partial charge is 0.437 e. The molecule has 134 valence electrons. The highest BCUT2D eigenvalue weighted by Crippen LogP contribution is 2.33. The molecule has 1 aliphatic rings. The summed E-state index contributed by atoms with van der Waals surface area (Å²) in [6, 6.07) is 12.0. The van der Waals surface area contributed by atoms with Crippen LogP contribution in [-0.2, 0) is 17.8 Å². The number of hydrogen-bond acceptors (Lipinski definition) is 5. The number of hydrogen-bond donors (Lipinski definition) is 0. The third-order valence-corrected chi connectivity index (χ3v) is 5.68. The molecule has 2 heterocycles. The van der Waals surface area contributed by atoms with Gasteiger partial charge in [-0.25, -0.2) is 4.79 Å². The second-order valence-electron chi connectivity index (χ2n) is 6.42. The first kappa shape index (κ1) is 16.8. The standard InChI is InChI=1S/C19H19N3O3S/c1-21(15-9-4-7-13-6-2-3-8-14(13)15)17(23)12-22-19(24)25-18(20-22)16-10-5-11-26-16/h2-3,5-6,8,10-11,15H,4,7,9,12H2,1H3/t15-/m0/s1. The Hall–Kier alpha value is -2.67. The minimum absolute atomic E-state index is 0.0341. The third kappa shape index (κ3) is 3.10. The van der Waals surface area contributed by atoms with Crippen LogP contribution in [0.3, 0.4) is 0 Å². The number of likely N-dealkylation sites (N-methyl/N-ethyl adjacent to an activating group) is 1. The van der Waals surface area contributed by atoms with Crippen molar-refractivity contribution in [2.24, 2.45) is 0 Å². The molecule has 2 aromatic heterocycles. The van der Waals surface area contributed by atoms with Crippen molar-refractivity contribution in [1.82, 2.24) is 14.7 Å². The van der Waals surface area contributed by atoms with Gasteiger partial charge >= 0.3 is 5.76 Å². The summed E-state index contributed by atoms with van der Waals surface area (Å²) < 4.78 is 6.28. The Labute approximate surface area is 154 Å². The van der Waals surface area contributed by atoms with Crippen molar-refractivity contribution in [3.8, 4) is 10.8 Å². The van der Waals surface area contributed by atoms with Crippen LogP contribution in [-0.4, -0.2) is 27.6 Å². The van der Waals surface area contributed by atoms with Crippen LogP contribution in [0.4, 0.5) is 0 Å². The van der Waals surface area contributed by atoms with E-state index in [-0.39, 0.29) is 24.4 Å². The zero-order valence-corrected chi connectivity index (χ0v) is 15.2. The normalized spacial score (nSPS) is 16.3. The smallest absolute Gasteiger partial charge is 0.387 e. The van der Waals surface area contributed by atoms with Gasteiger partial charge in [0.2, 0.25) is 5.91 Å². The van der Waals surface area contributed by atoms with E-state index in [1.165, 1.54) is 22.5 Å². The van der Waals surface area contributed by atoms with Crippen molar-refractivity contribution in [3.05, 3.63) is 63.5 Å². The number of aryl methyl sites for hydroxylation is 1. The van der Waals surface area contributed by atoms with Crippen LogP contribution in [0.25, 0.3) is 10.8 Å². The van der Waals surface area contributed by atoms with Gasteiger partial charge in [-0.3, -0.25) is 4.79 Å². The van der Waals surface area contributed by atoms with Gasteiger partial charge in [0.25, 0.3) is 5.89 Å². The fraction of sp³-hybridized carbons (Fsp3) is 0.316. The number of thiophene rings is 1. The van der Waals surface area contributed by atoms with Gasteiger partial charge in [0, 0.05) is 7.05 Å². The number of amides is 1. The predicted octanol–water partition coefficient (Wildman–Crippen LogP) is 3.10. The molecular formula is C19H19N3O3S. The van der Waals surface area contributed by atoms with E-state index in [1.807, 2.05) is 29.6 Å². The molecule has 0 fully saturated rings. The van der Waals surface area contributed by atoms with E-state index in [9.17, 15) is 9.59 Å². The quantitative estimate of drug-likeness (QED) is 0.709. The Balaban J connectivity index is 1.53. The average Bonchev–Trinajstić information content (AvgIpc) is 3.31. The van der Waals surface area contributed by atoms with E-state index in [1.54, 1.807) is 11.9 Å². The molecule has 1 atom stereocenters. The molecule has 1 aromatic carbocycles. The molecule has 0 saturated heterocycles. The molecule has 0 saturated carbocycles. The maximum absolute atomic E-state index is 12.8. The molecular weight excluding hydrogens is 350 g/mol. The fourth-order valence-corrected chi connectivity index (χ4v) is 4.09. The molecule has 7 heteroatoms. The van der Waals surface area contributed by atoms with Crippen LogP contribution < -0.4 is 5.76 Å². The van der Waals surface area contributed by atoms with Gasteiger partial charge in [0.1, 0.15) is 6.54 Å². The van der Waals surface area contributed by atoms with Crippen molar-refractivity contribution in [2.45, 2.75) is 31.8 Å². The minimum atomic E-state index is -0.612. The van der Waals surface area contributed by atoms with Crippen molar-refractivity contribution >= 4 is 17.2 Å². The second-order valence-corrected chi connectivity index (χ2v) is 7.37. The molecule has 0 spiro atoms. The molecule has 3 aromatic rings. The maximum Gasteiger partial charge on any atom is 0.437 e. The molecule has 0 aliphatic heterocycles. The summed E-state index contributed by atoms with van der Waals surface area (Å²) >= 11 is 1.43. The summed E-state index contributed by atoms with van der Waals surface area (Å²) in [5.41, 5.74) is 2.49. The number of fused-ring (bicyclic) bond motifs is 1. The van der Waals surface area contributed by atoms with Gasteiger partial charge in [-0.15, -0.1) is 16.4 Å². The van der Waals surface area contributed by atoms with Crippen LogP contribution >= 0.6 is 11.3 Å². The molecule has 1 amide bonds. The summed E-state index contributed by atoms with van der Waals surface area (Å²) in [6.45, 7) is -0.122. The highest BCUT2D eigenvalue weighted by molar-refractivity contribution is 7.13. The lowest BCUT2D eigenvalue weighted by Gasteiger charge is -2.33. The van der Waals surface area contributed by atoms with Crippen molar-refractivity contribution in [2.75, 3.05) is 7.05 Å². The van der Waals surface area contributed by atoms with Crippen LogP contribution in [0.2, 0.25) is 0 Å². The lowest BCUT2D eigenvalue weighted by molar-refractivity contribution is -0.133. The molecule has 0 radical (unpaired) electrons. The lowest BCUT2D eigenvalue weighted by Crippen LogP contribution is -2.37. The zero-order chi connectivity index (χ0) is 18.1. The van der Waals surface area contributed by atoms with E-state index in [2.05, 4.69) is 17.2 Å². The van der Waals surface area contributed by atoms with Crippen LogP contribution in [0.5, 0.6) is 0 Å². The first-order valence-electron chi connectivity index (χ1n) is 8.59. The van der Waals surface area contributed by atoms with E-state index < -0.39 is 5.76 Å². The van der Waals surface area contributed by atoms with Gasteiger partial charge in [0.15, 0.2) is 0 Å². The Bertz CT molecular complexity index is 974. The Morgan fingerprint density at radius 2 is 2.19 bits per heavy atom. The molecule has 26 heavy (non-hydrogen) atoms. The van der Waals surface area contributed by atoms with E-state index >= 15 is 0 Å². The molecule has 0 unspecified atom stereocenters. The minimum Gasteiger partial charge on any atom is -0.387 e. The van der Waals surface area contributed by atoms with Gasteiger partial charge in [0.05, 0.1) is 10.9 Å². The first-order chi connectivity index (χ1) is 12.6. The number of nitrogens with zero attached hydrogens (tertiary/aromatic N) is 3. The third-order valence-electron chi connectivity index (χ3n) is 4.82. The van der Waals surface area contributed by atoms with Crippen LogP contribution in [0.15, 0.2) is 51.0 Å². The second kappa shape index (κ2) is 6.92. The average molecular weight is 369 g/mol. The summed E-state index contributed by atoms with van der Waals surface area (Å²) in [7, 11) is 1.79.